The molecular weight excluding hydrogens is 534 g/mol. The van der Waals surface area contributed by atoms with Crippen LogP contribution in [0.3, 0.4) is 0 Å². The third-order valence-electron chi connectivity index (χ3n) is 6.82. The first kappa shape index (κ1) is 28.4. The number of aromatic nitrogens is 1. The Hall–Kier alpha value is -3.62. The zero-order valence-electron chi connectivity index (χ0n) is 20.6. The van der Waals surface area contributed by atoms with Crippen molar-refractivity contribution in [3.05, 3.63) is 57.8 Å². The number of alkyl halides is 6. The predicted octanol–water partition coefficient (Wildman–Crippen LogP) is 4.25. The summed E-state index contributed by atoms with van der Waals surface area (Å²) in [5.41, 5.74) is -3.07. The molecule has 0 spiro atoms. The molecule has 2 aromatic rings. The second kappa shape index (κ2) is 11.2. The van der Waals surface area contributed by atoms with E-state index in [1.165, 1.54) is 12.1 Å². The van der Waals surface area contributed by atoms with E-state index in [0.29, 0.717) is 64.1 Å². The highest BCUT2D eigenvalue weighted by Crippen LogP contribution is 2.38. The minimum atomic E-state index is -4.88. The number of hydrogen-bond donors (Lipinski definition) is 1. The Bertz CT molecular complexity index is 1180. The molecule has 1 N–H and O–H groups in total. The Kier molecular flexibility index (Phi) is 8.18. The summed E-state index contributed by atoms with van der Waals surface area (Å²) in [5, 5.41) is 13.9. The van der Waals surface area contributed by atoms with Gasteiger partial charge in [0, 0.05) is 76.2 Å². The summed E-state index contributed by atoms with van der Waals surface area (Å²) >= 11 is 0. The van der Waals surface area contributed by atoms with Gasteiger partial charge in [-0.15, -0.1) is 0 Å². The van der Waals surface area contributed by atoms with Gasteiger partial charge in [0.15, 0.2) is 0 Å². The smallest absolute Gasteiger partial charge is 0.380 e. The predicted molar refractivity (Wildman–Crippen MR) is 129 cm³/mol. The molecule has 0 unspecified atom stereocenters. The highest BCUT2D eigenvalue weighted by molar-refractivity contribution is 5.77. The fourth-order valence-corrected chi connectivity index (χ4v) is 4.71. The maximum atomic E-state index is 13.2. The molecule has 0 radical (unpaired) electrons. The molecule has 1 atom stereocenters. The number of hydrogen-bond acceptors (Lipinski definition) is 7. The quantitative estimate of drug-likeness (QED) is 0.307. The van der Waals surface area contributed by atoms with Crippen LogP contribution in [0.1, 0.15) is 24.0 Å². The molecule has 2 aliphatic rings. The molecule has 2 saturated heterocycles. The number of piperazine rings is 1. The number of nitrogens with zero attached hydrogens (tertiary/aromatic N) is 5. The molecule has 39 heavy (non-hydrogen) atoms. The van der Waals surface area contributed by atoms with Crippen LogP contribution in [0, 0.1) is 10.1 Å². The Morgan fingerprint density at radius 2 is 1.74 bits per heavy atom. The van der Waals surface area contributed by atoms with Gasteiger partial charge < -0.3 is 15.1 Å². The topological polar surface area (TPSA) is 94.9 Å². The maximum absolute atomic E-state index is 13.2. The lowest BCUT2D eigenvalue weighted by Crippen LogP contribution is -2.47. The van der Waals surface area contributed by atoms with Gasteiger partial charge in [-0.25, -0.2) is 4.98 Å². The molecule has 4 rings (SSSR count). The second-order valence-corrected chi connectivity index (χ2v) is 9.44. The standard InChI is InChI=1S/C24H26F6N6O3/c25-23(26,27)16-1-4-21(31-14-16)34-11-9-33(10-12-34)7-6-22(37)35-8-5-18(15-35)32-17-2-3-20(36(38)39)19(13-17)24(28,29)30/h1-4,13-14,18,32H,5-12,15H2/t18-/m1/s1. The molecule has 2 fully saturated rings. The SMILES string of the molecule is O=C(CCN1CCN(c2ccc(C(F)(F)F)cn2)CC1)N1CC[C@@H](Nc2ccc([N+](=O)[O-])c(C(F)(F)F)c2)C1. The van der Waals surface area contributed by atoms with E-state index in [0.717, 1.165) is 18.3 Å². The Balaban J connectivity index is 1.22. The van der Waals surface area contributed by atoms with Crippen molar-refractivity contribution in [3.63, 3.8) is 0 Å². The van der Waals surface area contributed by atoms with Crippen LogP contribution in [0.5, 0.6) is 0 Å². The summed E-state index contributed by atoms with van der Waals surface area (Å²) in [4.78, 5) is 32.1. The number of benzene rings is 1. The summed E-state index contributed by atoms with van der Waals surface area (Å²) in [6.45, 7) is 3.56. The van der Waals surface area contributed by atoms with E-state index < -0.39 is 34.1 Å². The highest BCUT2D eigenvalue weighted by Gasteiger charge is 2.39. The molecule has 0 saturated carbocycles. The average Bonchev–Trinajstić information content (AvgIpc) is 3.35. The molecular formula is C24H26F6N6O3. The molecule has 0 aliphatic carbocycles. The van der Waals surface area contributed by atoms with Gasteiger partial charge in [0.05, 0.1) is 10.5 Å². The minimum Gasteiger partial charge on any atom is -0.380 e. The number of nitro benzene ring substituents is 1. The fourth-order valence-electron chi connectivity index (χ4n) is 4.71. The van der Waals surface area contributed by atoms with Crippen LogP contribution in [0.2, 0.25) is 0 Å². The zero-order chi connectivity index (χ0) is 28.4. The first-order valence-electron chi connectivity index (χ1n) is 12.2. The monoisotopic (exact) mass is 560 g/mol. The molecule has 212 valence electrons. The number of nitro groups is 1. The van der Waals surface area contributed by atoms with Gasteiger partial charge in [0.2, 0.25) is 5.91 Å². The minimum absolute atomic E-state index is 0.0904. The van der Waals surface area contributed by atoms with E-state index in [9.17, 15) is 41.3 Å². The fraction of sp³-hybridized carbons (Fsp3) is 0.500. The van der Waals surface area contributed by atoms with Crippen molar-refractivity contribution in [2.24, 2.45) is 0 Å². The third-order valence-corrected chi connectivity index (χ3v) is 6.82. The van der Waals surface area contributed by atoms with Crippen molar-refractivity contribution in [1.29, 1.82) is 0 Å². The van der Waals surface area contributed by atoms with Gasteiger partial charge in [0.25, 0.3) is 5.69 Å². The third kappa shape index (κ3) is 7.07. The number of likely N-dealkylation sites (tertiary alicyclic amines) is 1. The summed E-state index contributed by atoms with van der Waals surface area (Å²) in [5.74, 6) is 0.371. The van der Waals surface area contributed by atoms with Crippen molar-refractivity contribution in [2.45, 2.75) is 31.2 Å². The van der Waals surface area contributed by atoms with Crippen LogP contribution in [-0.2, 0) is 17.1 Å². The van der Waals surface area contributed by atoms with Crippen LogP contribution in [0.25, 0.3) is 0 Å². The Morgan fingerprint density at radius 3 is 2.33 bits per heavy atom. The van der Waals surface area contributed by atoms with Crippen LogP contribution in [-0.4, -0.2) is 77.5 Å². The summed E-state index contributed by atoms with van der Waals surface area (Å²) in [6.07, 6.45) is -7.74. The van der Waals surface area contributed by atoms with Gasteiger partial charge in [-0.3, -0.25) is 19.8 Å². The molecule has 3 heterocycles. The van der Waals surface area contributed by atoms with Gasteiger partial charge >= 0.3 is 12.4 Å². The first-order chi connectivity index (χ1) is 18.3. The second-order valence-electron chi connectivity index (χ2n) is 9.44. The summed E-state index contributed by atoms with van der Waals surface area (Å²) in [7, 11) is 0. The number of pyridine rings is 1. The largest absolute Gasteiger partial charge is 0.423 e. The van der Waals surface area contributed by atoms with Crippen molar-refractivity contribution in [2.75, 3.05) is 56.0 Å². The molecule has 1 aromatic carbocycles. The molecule has 0 bridgehead atoms. The van der Waals surface area contributed by atoms with Crippen LogP contribution in [0.4, 0.5) is 43.5 Å². The number of carbonyl (C=O) groups is 1. The number of nitrogens with one attached hydrogen (secondary N) is 1. The molecule has 15 heteroatoms. The number of rotatable bonds is 7. The van der Waals surface area contributed by atoms with Gasteiger partial charge in [-0.05, 0) is 30.7 Å². The van der Waals surface area contributed by atoms with Gasteiger partial charge in [-0.2, -0.15) is 26.3 Å². The highest BCUT2D eigenvalue weighted by atomic mass is 19.4. The molecule has 1 aromatic heterocycles. The lowest BCUT2D eigenvalue weighted by molar-refractivity contribution is -0.388. The van der Waals surface area contributed by atoms with E-state index >= 15 is 0 Å². The first-order valence-corrected chi connectivity index (χ1v) is 12.2. The number of anilines is 2. The summed E-state index contributed by atoms with van der Waals surface area (Å²) < 4.78 is 77.9. The molecule has 9 nitrogen and oxygen atoms in total. The molecule has 1 amide bonds. The Labute approximate surface area is 219 Å². The number of carbonyl (C=O) groups excluding carboxylic acids is 1. The van der Waals surface area contributed by atoms with Crippen LogP contribution >= 0.6 is 0 Å². The van der Waals surface area contributed by atoms with E-state index in [1.807, 2.05) is 4.90 Å². The number of halogens is 6. The lowest BCUT2D eigenvalue weighted by atomic mass is 10.1. The van der Waals surface area contributed by atoms with Crippen LogP contribution < -0.4 is 10.2 Å². The average molecular weight is 560 g/mol. The van der Waals surface area contributed by atoms with Crippen molar-refractivity contribution in [3.8, 4) is 0 Å². The molecule has 2 aliphatic heterocycles. The van der Waals surface area contributed by atoms with E-state index in [4.69, 9.17) is 0 Å². The van der Waals surface area contributed by atoms with Crippen molar-refractivity contribution >= 4 is 23.1 Å². The van der Waals surface area contributed by atoms with Crippen molar-refractivity contribution < 1.29 is 36.1 Å². The van der Waals surface area contributed by atoms with Crippen LogP contribution in [0.15, 0.2) is 36.5 Å². The number of amides is 1. The van der Waals surface area contributed by atoms with Crippen molar-refractivity contribution in [1.82, 2.24) is 14.8 Å². The lowest BCUT2D eigenvalue weighted by Gasteiger charge is -2.35. The maximum Gasteiger partial charge on any atom is 0.423 e. The summed E-state index contributed by atoms with van der Waals surface area (Å²) in [6, 6.07) is 4.80. The van der Waals surface area contributed by atoms with E-state index in [-0.39, 0.29) is 24.1 Å². The Morgan fingerprint density at radius 1 is 1.03 bits per heavy atom. The zero-order valence-corrected chi connectivity index (χ0v) is 20.6. The van der Waals surface area contributed by atoms with E-state index in [2.05, 4.69) is 15.2 Å². The van der Waals surface area contributed by atoms with Gasteiger partial charge in [-0.1, -0.05) is 0 Å². The van der Waals surface area contributed by atoms with Gasteiger partial charge in [0.1, 0.15) is 11.4 Å². The normalized spacial score (nSPS) is 18.9. The van der Waals surface area contributed by atoms with E-state index in [1.54, 1.807) is 4.90 Å².